The van der Waals surface area contributed by atoms with Crippen molar-refractivity contribution in [3.05, 3.63) is 35.4 Å². The lowest BCUT2D eigenvalue weighted by Gasteiger charge is -2.25. The largest absolute Gasteiger partial charge is 0.322 e. The van der Waals surface area contributed by atoms with Crippen molar-refractivity contribution in [3.63, 3.8) is 0 Å². The van der Waals surface area contributed by atoms with E-state index >= 15 is 0 Å². The molecule has 0 bridgehead atoms. The summed E-state index contributed by atoms with van der Waals surface area (Å²) in [6.45, 7) is 5.47. The van der Waals surface area contributed by atoms with Crippen LogP contribution in [0.25, 0.3) is 0 Å². The molecule has 0 spiro atoms. The van der Waals surface area contributed by atoms with Crippen LogP contribution in [0.5, 0.6) is 0 Å². The van der Waals surface area contributed by atoms with Gasteiger partial charge in [-0.1, -0.05) is 31.2 Å². The summed E-state index contributed by atoms with van der Waals surface area (Å²) in [6.07, 6.45) is 1.06. The second-order valence-corrected chi connectivity index (χ2v) is 4.23. The summed E-state index contributed by atoms with van der Waals surface area (Å²) >= 11 is 0. The van der Waals surface area contributed by atoms with Crippen molar-refractivity contribution in [3.8, 4) is 0 Å². The standard InChI is InChI=1S/C13H18N2O/c1-3-8-15-12(16)9-14-13(15)11-7-5-4-6-10(11)2/h4-7,13-14H,3,8-9H2,1-2H3. The minimum absolute atomic E-state index is 0.0636. The third-order valence-corrected chi connectivity index (χ3v) is 3.03. The van der Waals surface area contributed by atoms with Gasteiger partial charge in [0.15, 0.2) is 0 Å². The van der Waals surface area contributed by atoms with Crippen molar-refractivity contribution in [1.82, 2.24) is 10.2 Å². The lowest BCUT2D eigenvalue weighted by molar-refractivity contribution is -0.128. The van der Waals surface area contributed by atoms with E-state index in [9.17, 15) is 4.79 Å². The van der Waals surface area contributed by atoms with Gasteiger partial charge in [0, 0.05) is 6.54 Å². The number of aryl methyl sites for hydroxylation is 1. The zero-order valence-electron chi connectivity index (χ0n) is 9.86. The van der Waals surface area contributed by atoms with Gasteiger partial charge in [-0.25, -0.2) is 0 Å². The van der Waals surface area contributed by atoms with Crippen LogP contribution in [-0.2, 0) is 4.79 Å². The molecule has 1 aromatic rings. The number of hydrogen-bond donors (Lipinski definition) is 1. The molecular formula is C13H18N2O. The zero-order valence-corrected chi connectivity index (χ0v) is 9.86. The van der Waals surface area contributed by atoms with Crippen LogP contribution in [0.1, 0.15) is 30.6 Å². The summed E-state index contributed by atoms with van der Waals surface area (Å²) in [5, 5.41) is 3.27. The topological polar surface area (TPSA) is 32.3 Å². The maximum absolute atomic E-state index is 11.7. The molecule has 1 aliphatic rings. The number of amides is 1. The van der Waals surface area contributed by atoms with E-state index in [-0.39, 0.29) is 12.1 Å². The SMILES string of the molecule is CCCN1C(=O)CNC1c1ccccc1C. The predicted octanol–water partition coefficient (Wildman–Crippen LogP) is 1.84. The van der Waals surface area contributed by atoms with Gasteiger partial charge >= 0.3 is 0 Å². The lowest BCUT2D eigenvalue weighted by Crippen LogP contribution is -2.31. The van der Waals surface area contributed by atoms with Crippen LogP contribution in [0, 0.1) is 6.92 Å². The first-order valence-electron chi connectivity index (χ1n) is 5.82. The molecule has 2 rings (SSSR count). The molecule has 0 aliphatic carbocycles. The fraction of sp³-hybridized carbons (Fsp3) is 0.462. The van der Waals surface area contributed by atoms with Gasteiger partial charge in [0.1, 0.15) is 6.17 Å². The Hall–Kier alpha value is -1.35. The highest BCUT2D eigenvalue weighted by molar-refractivity contribution is 5.81. The Bertz CT molecular complexity index is 389. The summed E-state index contributed by atoms with van der Waals surface area (Å²) in [6, 6.07) is 8.23. The number of hydrogen-bond acceptors (Lipinski definition) is 2. The first-order chi connectivity index (χ1) is 7.74. The minimum Gasteiger partial charge on any atom is -0.322 e. The number of rotatable bonds is 3. The summed E-state index contributed by atoms with van der Waals surface area (Å²) in [7, 11) is 0. The molecule has 1 fully saturated rings. The van der Waals surface area contributed by atoms with E-state index < -0.39 is 0 Å². The zero-order chi connectivity index (χ0) is 11.5. The summed E-state index contributed by atoms with van der Waals surface area (Å²) in [5.74, 6) is 0.204. The highest BCUT2D eigenvalue weighted by Gasteiger charge is 2.31. The van der Waals surface area contributed by atoms with Gasteiger partial charge < -0.3 is 4.90 Å². The van der Waals surface area contributed by atoms with Gasteiger partial charge in [-0.05, 0) is 24.5 Å². The number of nitrogens with zero attached hydrogens (tertiary/aromatic N) is 1. The first-order valence-corrected chi connectivity index (χ1v) is 5.82. The first kappa shape index (κ1) is 11.1. The van der Waals surface area contributed by atoms with Crippen LogP contribution in [-0.4, -0.2) is 23.9 Å². The number of carbonyl (C=O) groups excluding carboxylic acids is 1. The maximum atomic E-state index is 11.7. The van der Waals surface area contributed by atoms with Gasteiger partial charge in [0.2, 0.25) is 5.91 Å². The molecular weight excluding hydrogens is 200 g/mol. The average Bonchev–Trinajstić information content (AvgIpc) is 2.62. The average molecular weight is 218 g/mol. The Morgan fingerprint density at radius 3 is 2.88 bits per heavy atom. The Kier molecular flexibility index (Phi) is 3.25. The van der Waals surface area contributed by atoms with Crippen molar-refractivity contribution in [1.29, 1.82) is 0 Å². The quantitative estimate of drug-likeness (QED) is 0.839. The van der Waals surface area contributed by atoms with Crippen LogP contribution in [0.2, 0.25) is 0 Å². The van der Waals surface area contributed by atoms with Crippen LogP contribution in [0.4, 0.5) is 0 Å². The van der Waals surface area contributed by atoms with Gasteiger partial charge in [-0.15, -0.1) is 0 Å². The smallest absolute Gasteiger partial charge is 0.238 e. The Balaban J connectivity index is 2.27. The molecule has 3 nitrogen and oxygen atoms in total. The van der Waals surface area contributed by atoms with Crippen molar-refractivity contribution in [2.75, 3.05) is 13.1 Å². The van der Waals surface area contributed by atoms with E-state index in [2.05, 4.69) is 31.3 Å². The van der Waals surface area contributed by atoms with E-state index in [1.165, 1.54) is 11.1 Å². The summed E-state index contributed by atoms with van der Waals surface area (Å²) < 4.78 is 0. The Labute approximate surface area is 96.5 Å². The fourth-order valence-electron chi connectivity index (χ4n) is 2.21. The second-order valence-electron chi connectivity index (χ2n) is 4.23. The molecule has 1 unspecified atom stereocenters. The molecule has 1 aromatic carbocycles. The van der Waals surface area contributed by atoms with Gasteiger partial charge in [-0.2, -0.15) is 0 Å². The summed E-state index contributed by atoms with van der Waals surface area (Å²) in [4.78, 5) is 13.7. The highest BCUT2D eigenvalue weighted by atomic mass is 16.2. The normalized spacial score (nSPS) is 20.5. The molecule has 1 atom stereocenters. The third-order valence-electron chi connectivity index (χ3n) is 3.03. The van der Waals surface area contributed by atoms with Crippen molar-refractivity contribution in [2.45, 2.75) is 26.4 Å². The molecule has 1 N–H and O–H groups in total. The van der Waals surface area contributed by atoms with Crippen molar-refractivity contribution < 1.29 is 4.79 Å². The molecule has 86 valence electrons. The number of benzene rings is 1. The van der Waals surface area contributed by atoms with Crippen LogP contribution >= 0.6 is 0 Å². The molecule has 0 saturated carbocycles. The summed E-state index contributed by atoms with van der Waals surface area (Å²) in [5.41, 5.74) is 2.44. The molecule has 0 aromatic heterocycles. The number of carbonyl (C=O) groups is 1. The van der Waals surface area contributed by atoms with Gasteiger partial charge in [0.05, 0.1) is 6.54 Å². The molecule has 1 aliphatic heterocycles. The van der Waals surface area contributed by atoms with E-state index in [0.717, 1.165) is 13.0 Å². The maximum Gasteiger partial charge on any atom is 0.238 e. The van der Waals surface area contributed by atoms with Crippen molar-refractivity contribution in [2.24, 2.45) is 0 Å². The van der Waals surface area contributed by atoms with Gasteiger partial charge in [0.25, 0.3) is 0 Å². The third kappa shape index (κ3) is 1.95. The number of nitrogens with one attached hydrogen (secondary N) is 1. The predicted molar refractivity (Wildman–Crippen MR) is 63.9 cm³/mol. The van der Waals surface area contributed by atoms with E-state index in [1.54, 1.807) is 0 Å². The van der Waals surface area contributed by atoms with Gasteiger partial charge in [-0.3, -0.25) is 10.1 Å². The lowest BCUT2D eigenvalue weighted by atomic mass is 10.1. The van der Waals surface area contributed by atoms with E-state index in [4.69, 9.17) is 0 Å². The minimum atomic E-state index is 0.0636. The Morgan fingerprint density at radius 1 is 1.44 bits per heavy atom. The monoisotopic (exact) mass is 218 g/mol. The Morgan fingerprint density at radius 2 is 2.19 bits per heavy atom. The molecule has 1 saturated heterocycles. The van der Waals surface area contributed by atoms with Crippen LogP contribution in [0.15, 0.2) is 24.3 Å². The van der Waals surface area contributed by atoms with E-state index in [0.29, 0.717) is 6.54 Å². The van der Waals surface area contributed by atoms with Crippen LogP contribution in [0.3, 0.4) is 0 Å². The van der Waals surface area contributed by atoms with E-state index in [1.807, 2.05) is 17.0 Å². The molecule has 1 heterocycles. The van der Waals surface area contributed by atoms with Crippen LogP contribution < -0.4 is 5.32 Å². The second kappa shape index (κ2) is 4.66. The fourth-order valence-corrected chi connectivity index (χ4v) is 2.21. The molecule has 3 heteroatoms. The molecule has 16 heavy (non-hydrogen) atoms. The molecule has 0 radical (unpaired) electrons. The highest BCUT2D eigenvalue weighted by Crippen LogP contribution is 2.24. The molecule has 1 amide bonds. The van der Waals surface area contributed by atoms with Crippen molar-refractivity contribution >= 4 is 5.91 Å².